The molecule has 0 radical (unpaired) electrons. The lowest BCUT2D eigenvalue weighted by Crippen LogP contribution is -2.06. The number of aryl methyl sites for hydroxylation is 1. The smallest absolute Gasteiger partial charge is 0.339 e. The fraction of sp³-hybridized carbons (Fsp3) is 0.333. The van der Waals surface area contributed by atoms with E-state index in [2.05, 4.69) is 15.3 Å². The van der Waals surface area contributed by atoms with Crippen LogP contribution in [-0.4, -0.2) is 31.1 Å². The summed E-state index contributed by atoms with van der Waals surface area (Å²) in [4.78, 5) is 10.8. The number of aromatic carboxylic acids is 1. The first-order chi connectivity index (χ1) is 7.58. The van der Waals surface area contributed by atoms with Gasteiger partial charge in [-0.15, -0.1) is 10.2 Å². The molecule has 0 spiro atoms. The third-order valence-electron chi connectivity index (χ3n) is 2.19. The van der Waals surface area contributed by atoms with Crippen LogP contribution in [0.25, 0.3) is 0 Å². The maximum Gasteiger partial charge on any atom is 0.339 e. The molecule has 0 amide bonds. The highest BCUT2D eigenvalue weighted by Crippen LogP contribution is 2.09. The lowest BCUT2D eigenvalue weighted by atomic mass is 10.3. The molecule has 0 aliphatic heterocycles. The van der Waals surface area contributed by atoms with E-state index in [-0.39, 0.29) is 12.1 Å². The number of carboxylic acids is 1. The van der Waals surface area contributed by atoms with E-state index in [1.165, 1.54) is 10.9 Å². The Kier molecular flexibility index (Phi) is 2.43. The fourth-order valence-electron chi connectivity index (χ4n) is 1.35. The first-order valence-corrected chi connectivity index (χ1v) is 4.62. The molecule has 0 saturated heterocycles. The lowest BCUT2D eigenvalue weighted by molar-refractivity contribution is 0.0696. The van der Waals surface area contributed by atoms with E-state index >= 15 is 0 Å². The molecular formula is C9H10N4O3. The van der Waals surface area contributed by atoms with E-state index in [0.29, 0.717) is 17.5 Å². The molecule has 0 atom stereocenters. The standard InChI is InChI=1S/C9H10N4O3/c1-5-7(9(14)15)3-10-13(5)4-8-12-11-6(2)16-8/h3H,4H2,1-2H3,(H,14,15). The summed E-state index contributed by atoms with van der Waals surface area (Å²) in [6, 6.07) is 0. The maximum absolute atomic E-state index is 10.8. The summed E-state index contributed by atoms with van der Waals surface area (Å²) in [6.45, 7) is 3.65. The Balaban J connectivity index is 2.25. The van der Waals surface area contributed by atoms with Crippen molar-refractivity contribution in [1.29, 1.82) is 0 Å². The van der Waals surface area contributed by atoms with Gasteiger partial charge in [0, 0.05) is 6.92 Å². The topological polar surface area (TPSA) is 94.0 Å². The van der Waals surface area contributed by atoms with Gasteiger partial charge in [0.25, 0.3) is 0 Å². The van der Waals surface area contributed by atoms with Crippen LogP contribution >= 0.6 is 0 Å². The molecule has 7 heteroatoms. The van der Waals surface area contributed by atoms with Crippen molar-refractivity contribution in [2.75, 3.05) is 0 Å². The van der Waals surface area contributed by atoms with E-state index in [0.717, 1.165) is 0 Å². The van der Waals surface area contributed by atoms with Crippen molar-refractivity contribution in [3.8, 4) is 0 Å². The Labute approximate surface area is 90.7 Å². The van der Waals surface area contributed by atoms with Crippen LogP contribution in [0.5, 0.6) is 0 Å². The first kappa shape index (κ1) is 10.3. The number of nitrogens with zero attached hydrogens (tertiary/aromatic N) is 4. The molecule has 0 saturated carbocycles. The lowest BCUT2D eigenvalue weighted by Gasteiger charge is -2.00. The SMILES string of the molecule is Cc1nnc(Cn2ncc(C(=O)O)c2C)o1. The van der Waals surface area contributed by atoms with E-state index in [1.54, 1.807) is 13.8 Å². The summed E-state index contributed by atoms with van der Waals surface area (Å²) in [5, 5.41) is 20.3. The third kappa shape index (κ3) is 1.79. The second kappa shape index (κ2) is 3.76. The monoisotopic (exact) mass is 222 g/mol. The molecule has 2 aromatic rings. The van der Waals surface area contributed by atoms with Gasteiger partial charge in [0.2, 0.25) is 11.8 Å². The van der Waals surface area contributed by atoms with Crippen LogP contribution in [0.15, 0.2) is 10.6 Å². The van der Waals surface area contributed by atoms with Crippen molar-refractivity contribution >= 4 is 5.97 Å². The largest absolute Gasteiger partial charge is 0.478 e. The van der Waals surface area contributed by atoms with Gasteiger partial charge in [0.05, 0.1) is 11.9 Å². The van der Waals surface area contributed by atoms with E-state index in [1.807, 2.05) is 0 Å². The molecule has 0 aromatic carbocycles. The van der Waals surface area contributed by atoms with Crippen LogP contribution in [0.1, 0.15) is 27.8 Å². The second-order valence-electron chi connectivity index (χ2n) is 3.32. The molecule has 0 aliphatic rings. The molecule has 1 N–H and O–H groups in total. The molecule has 2 heterocycles. The molecule has 0 fully saturated rings. The van der Waals surface area contributed by atoms with Crippen molar-refractivity contribution < 1.29 is 14.3 Å². The average molecular weight is 222 g/mol. The Hall–Kier alpha value is -2.18. The van der Waals surface area contributed by atoms with Gasteiger partial charge in [-0.25, -0.2) is 4.79 Å². The Bertz CT molecular complexity index is 529. The predicted octanol–water partition coefficient (Wildman–Crippen LogP) is 0.629. The number of rotatable bonds is 3. The molecule has 84 valence electrons. The second-order valence-corrected chi connectivity index (χ2v) is 3.32. The molecule has 2 rings (SSSR count). The molecule has 7 nitrogen and oxygen atoms in total. The van der Waals surface area contributed by atoms with Crippen molar-refractivity contribution in [3.05, 3.63) is 29.2 Å². The van der Waals surface area contributed by atoms with Crippen LogP contribution in [0.2, 0.25) is 0 Å². The van der Waals surface area contributed by atoms with Gasteiger partial charge in [0.1, 0.15) is 12.1 Å². The number of carboxylic acid groups (broad SMARTS) is 1. The number of hydrogen-bond acceptors (Lipinski definition) is 5. The zero-order valence-corrected chi connectivity index (χ0v) is 8.84. The Morgan fingerprint density at radius 1 is 1.50 bits per heavy atom. The number of carbonyl (C=O) groups is 1. The van der Waals surface area contributed by atoms with E-state index < -0.39 is 5.97 Å². The van der Waals surface area contributed by atoms with Gasteiger partial charge >= 0.3 is 5.97 Å². The van der Waals surface area contributed by atoms with Gasteiger partial charge in [0.15, 0.2) is 0 Å². The Morgan fingerprint density at radius 3 is 2.75 bits per heavy atom. The van der Waals surface area contributed by atoms with Crippen molar-refractivity contribution in [1.82, 2.24) is 20.0 Å². The zero-order valence-electron chi connectivity index (χ0n) is 8.84. The summed E-state index contributed by atoms with van der Waals surface area (Å²) >= 11 is 0. The molecule has 0 unspecified atom stereocenters. The average Bonchev–Trinajstić information content (AvgIpc) is 2.76. The highest BCUT2D eigenvalue weighted by atomic mass is 16.4. The summed E-state index contributed by atoms with van der Waals surface area (Å²) in [5.74, 6) is -0.121. The first-order valence-electron chi connectivity index (χ1n) is 4.62. The van der Waals surface area contributed by atoms with Crippen LogP contribution in [-0.2, 0) is 6.54 Å². The van der Waals surface area contributed by atoms with Crippen LogP contribution < -0.4 is 0 Å². The highest BCUT2D eigenvalue weighted by molar-refractivity contribution is 5.88. The number of hydrogen-bond donors (Lipinski definition) is 1. The fourth-order valence-corrected chi connectivity index (χ4v) is 1.35. The Morgan fingerprint density at radius 2 is 2.25 bits per heavy atom. The van der Waals surface area contributed by atoms with Gasteiger partial charge in [-0.05, 0) is 6.92 Å². The molecule has 0 aliphatic carbocycles. The minimum absolute atomic E-state index is 0.177. The normalized spacial score (nSPS) is 10.6. The summed E-state index contributed by atoms with van der Waals surface area (Å²) < 4.78 is 6.69. The summed E-state index contributed by atoms with van der Waals surface area (Å²) in [7, 11) is 0. The highest BCUT2D eigenvalue weighted by Gasteiger charge is 2.14. The molecule has 2 aromatic heterocycles. The van der Waals surface area contributed by atoms with Gasteiger partial charge in [-0.2, -0.15) is 5.10 Å². The van der Waals surface area contributed by atoms with E-state index in [9.17, 15) is 4.79 Å². The molecule has 0 bridgehead atoms. The van der Waals surface area contributed by atoms with Crippen molar-refractivity contribution in [3.63, 3.8) is 0 Å². The minimum atomic E-state index is -0.995. The van der Waals surface area contributed by atoms with E-state index in [4.69, 9.17) is 9.52 Å². The zero-order chi connectivity index (χ0) is 11.7. The van der Waals surface area contributed by atoms with Gasteiger partial charge in [-0.1, -0.05) is 0 Å². The van der Waals surface area contributed by atoms with Crippen molar-refractivity contribution in [2.24, 2.45) is 0 Å². The molecule has 16 heavy (non-hydrogen) atoms. The van der Waals surface area contributed by atoms with Crippen molar-refractivity contribution in [2.45, 2.75) is 20.4 Å². The van der Waals surface area contributed by atoms with Gasteiger partial charge < -0.3 is 9.52 Å². The summed E-state index contributed by atoms with van der Waals surface area (Å²) in [6.07, 6.45) is 1.31. The van der Waals surface area contributed by atoms with Gasteiger partial charge in [-0.3, -0.25) is 4.68 Å². The predicted molar refractivity (Wildman–Crippen MR) is 52.1 cm³/mol. The maximum atomic E-state index is 10.8. The van der Waals surface area contributed by atoms with Crippen LogP contribution in [0.4, 0.5) is 0 Å². The van der Waals surface area contributed by atoms with Crippen LogP contribution in [0, 0.1) is 13.8 Å². The van der Waals surface area contributed by atoms with Crippen LogP contribution in [0.3, 0.4) is 0 Å². The number of aromatic nitrogens is 4. The minimum Gasteiger partial charge on any atom is -0.478 e. The third-order valence-corrected chi connectivity index (χ3v) is 2.19. The quantitative estimate of drug-likeness (QED) is 0.818. The summed E-state index contributed by atoms with van der Waals surface area (Å²) in [5.41, 5.74) is 0.736. The molecular weight excluding hydrogens is 212 g/mol.